The molecule has 0 fully saturated rings. The van der Waals surface area contributed by atoms with Gasteiger partial charge in [-0.2, -0.15) is 5.10 Å². The van der Waals surface area contributed by atoms with Gasteiger partial charge in [-0.15, -0.1) is 0 Å². The van der Waals surface area contributed by atoms with E-state index in [4.69, 9.17) is 0 Å². The first-order valence-corrected chi connectivity index (χ1v) is 8.26. The first-order chi connectivity index (χ1) is 9.25. The number of aromatic amines is 1. The van der Waals surface area contributed by atoms with Crippen molar-refractivity contribution in [2.45, 2.75) is 46.1 Å². The lowest BCUT2D eigenvalue weighted by Gasteiger charge is -2.12. The Bertz CT molecular complexity index is 551. The molecular weight excluding hydrogens is 280 g/mol. The lowest BCUT2D eigenvalue weighted by atomic mass is 10.1. The van der Waals surface area contributed by atoms with Crippen LogP contribution in [0.5, 0.6) is 0 Å². The molecule has 0 aliphatic rings. The Hall–Kier alpha value is -1.41. The van der Waals surface area contributed by atoms with Crippen molar-refractivity contribution in [3.63, 3.8) is 0 Å². The summed E-state index contributed by atoms with van der Waals surface area (Å²) in [5.74, 6) is 0.227. The lowest BCUT2D eigenvalue weighted by molar-refractivity contribution is -0.117. The van der Waals surface area contributed by atoms with Gasteiger partial charge in [0.1, 0.15) is 0 Å². The zero-order chi connectivity index (χ0) is 15.3. The Kier molecular flexibility index (Phi) is 5.70. The van der Waals surface area contributed by atoms with Crippen LogP contribution in [-0.4, -0.2) is 36.3 Å². The van der Waals surface area contributed by atoms with Crippen LogP contribution in [0.15, 0.2) is 6.07 Å². The Morgan fingerprint density at radius 1 is 1.40 bits per heavy atom. The summed E-state index contributed by atoms with van der Waals surface area (Å²) in [6, 6.07) is 0.890. The Labute approximate surface area is 119 Å². The van der Waals surface area contributed by atoms with E-state index in [1.807, 2.05) is 13.8 Å². The second kappa shape index (κ2) is 6.85. The molecule has 1 rings (SSSR count). The van der Waals surface area contributed by atoms with Gasteiger partial charge in [-0.25, -0.2) is 13.1 Å². The minimum atomic E-state index is -3.42. The van der Waals surface area contributed by atoms with Crippen molar-refractivity contribution in [2.75, 3.05) is 11.1 Å². The first-order valence-electron chi connectivity index (χ1n) is 6.61. The molecule has 20 heavy (non-hydrogen) atoms. The average Bonchev–Trinajstić information content (AvgIpc) is 2.76. The minimum absolute atomic E-state index is 0.00449. The van der Waals surface area contributed by atoms with E-state index >= 15 is 0 Å². The zero-order valence-corrected chi connectivity index (χ0v) is 13.0. The number of hydrogen-bond donors (Lipinski definition) is 3. The van der Waals surface area contributed by atoms with Crippen LogP contribution in [0.25, 0.3) is 0 Å². The number of nitrogens with zero attached hydrogens (tertiary/aromatic N) is 1. The number of rotatable bonds is 7. The second-order valence-electron chi connectivity index (χ2n) is 5.01. The largest absolute Gasteiger partial charge is 0.308 e. The van der Waals surface area contributed by atoms with Crippen molar-refractivity contribution in [2.24, 2.45) is 0 Å². The monoisotopic (exact) mass is 302 g/mol. The molecule has 7 nitrogen and oxygen atoms in total. The number of amides is 1. The highest BCUT2D eigenvalue weighted by atomic mass is 32.2. The van der Waals surface area contributed by atoms with Gasteiger partial charge in [-0.1, -0.05) is 20.8 Å². The maximum atomic E-state index is 11.9. The molecule has 1 unspecified atom stereocenters. The fourth-order valence-electron chi connectivity index (χ4n) is 1.58. The molecule has 0 aliphatic carbocycles. The number of hydrogen-bond acceptors (Lipinski definition) is 4. The molecule has 3 N–H and O–H groups in total. The molecule has 0 aromatic carbocycles. The van der Waals surface area contributed by atoms with Gasteiger partial charge in [0.15, 0.2) is 5.82 Å². The third-order valence-electron chi connectivity index (χ3n) is 2.69. The first kappa shape index (κ1) is 16.6. The predicted molar refractivity (Wildman–Crippen MR) is 78.0 cm³/mol. The van der Waals surface area contributed by atoms with E-state index in [0.29, 0.717) is 12.2 Å². The summed E-state index contributed by atoms with van der Waals surface area (Å²) < 4.78 is 25.5. The number of aromatic nitrogens is 2. The van der Waals surface area contributed by atoms with Crippen molar-refractivity contribution in [1.82, 2.24) is 14.9 Å². The fraction of sp³-hybridized carbons (Fsp3) is 0.667. The molecule has 0 saturated carbocycles. The van der Waals surface area contributed by atoms with Crippen LogP contribution in [0, 0.1) is 0 Å². The highest BCUT2D eigenvalue weighted by Crippen LogP contribution is 2.14. The molecule has 0 aliphatic heterocycles. The molecule has 0 spiro atoms. The van der Waals surface area contributed by atoms with Crippen molar-refractivity contribution < 1.29 is 13.2 Å². The molecule has 0 radical (unpaired) electrons. The SMILES string of the molecule is CCCS(=O)(=O)NC(C)C(=O)Nc1cc(C(C)C)[nH]n1. The summed E-state index contributed by atoms with van der Waals surface area (Å²) in [7, 11) is -3.42. The standard InChI is InChI=1S/C12H22N4O3S/c1-5-6-20(18,19)16-9(4)12(17)13-11-7-10(8(2)3)14-15-11/h7-9,16H,5-6H2,1-4H3,(H2,13,14,15,17). The van der Waals surface area contributed by atoms with Crippen LogP contribution in [-0.2, 0) is 14.8 Å². The number of nitrogens with one attached hydrogen (secondary N) is 3. The summed E-state index contributed by atoms with van der Waals surface area (Å²) in [6.07, 6.45) is 0.501. The van der Waals surface area contributed by atoms with Crippen LogP contribution < -0.4 is 10.0 Å². The predicted octanol–water partition coefficient (Wildman–Crippen LogP) is 1.19. The average molecular weight is 302 g/mol. The zero-order valence-electron chi connectivity index (χ0n) is 12.2. The molecule has 1 atom stereocenters. The van der Waals surface area contributed by atoms with Crippen molar-refractivity contribution in [3.8, 4) is 0 Å². The van der Waals surface area contributed by atoms with Gasteiger partial charge in [-0.3, -0.25) is 9.89 Å². The molecule has 0 bridgehead atoms. The minimum Gasteiger partial charge on any atom is -0.308 e. The van der Waals surface area contributed by atoms with E-state index in [9.17, 15) is 13.2 Å². The van der Waals surface area contributed by atoms with E-state index < -0.39 is 22.0 Å². The summed E-state index contributed by atoms with van der Waals surface area (Å²) in [6.45, 7) is 7.26. The summed E-state index contributed by atoms with van der Waals surface area (Å²) in [4.78, 5) is 11.9. The van der Waals surface area contributed by atoms with Gasteiger partial charge in [0.25, 0.3) is 0 Å². The van der Waals surface area contributed by atoms with Gasteiger partial charge in [-0.05, 0) is 19.3 Å². The molecular formula is C12H22N4O3S. The number of sulfonamides is 1. The maximum Gasteiger partial charge on any atom is 0.243 e. The van der Waals surface area contributed by atoms with Crippen LogP contribution in [0.2, 0.25) is 0 Å². The third kappa shape index (κ3) is 4.93. The van der Waals surface area contributed by atoms with Crippen molar-refractivity contribution in [3.05, 3.63) is 11.8 Å². The van der Waals surface area contributed by atoms with Gasteiger partial charge >= 0.3 is 0 Å². The Morgan fingerprint density at radius 2 is 2.05 bits per heavy atom. The quantitative estimate of drug-likeness (QED) is 0.703. The van der Waals surface area contributed by atoms with Gasteiger partial charge in [0.05, 0.1) is 11.8 Å². The second-order valence-corrected chi connectivity index (χ2v) is 6.88. The molecule has 0 saturated heterocycles. The number of anilines is 1. The molecule has 1 amide bonds. The topological polar surface area (TPSA) is 104 Å². The summed E-state index contributed by atoms with van der Waals surface area (Å²) in [5.41, 5.74) is 0.902. The van der Waals surface area contributed by atoms with Crippen LogP contribution in [0.4, 0.5) is 5.82 Å². The van der Waals surface area contributed by atoms with Gasteiger partial charge in [0, 0.05) is 11.8 Å². The molecule has 1 aromatic rings. The van der Waals surface area contributed by atoms with Crippen molar-refractivity contribution >= 4 is 21.7 Å². The van der Waals surface area contributed by atoms with Crippen LogP contribution in [0.1, 0.15) is 45.7 Å². The van der Waals surface area contributed by atoms with Crippen LogP contribution in [0.3, 0.4) is 0 Å². The van der Waals surface area contributed by atoms with E-state index in [-0.39, 0.29) is 11.7 Å². The molecule has 114 valence electrons. The normalized spacial score (nSPS) is 13.4. The summed E-state index contributed by atoms with van der Waals surface area (Å²) >= 11 is 0. The number of carbonyl (C=O) groups excluding carboxylic acids is 1. The summed E-state index contributed by atoms with van der Waals surface area (Å²) in [5, 5.41) is 9.35. The smallest absolute Gasteiger partial charge is 0.243 e. The highest BCUT2D eigenvalue weighted by molar-refractivity contribution is 7.89. The molecule has 1 heterocycles. The van der Waals surface area contributed by atoms with E-state index in [1.54, 1.807) is 13.0 Å². The van der Waals surface area contributed by atoms with Gasteiger partial charge in [0.2, 0.25) is 15.9 Å². The number of H-pyrrole nitrogens is 1. The Balaban J connectivity index is 2.61. The van der Waals surface area contributed by atoms with E-state index in [2.05, 4.69) is 20.2 Å². The maximum absolute atomic E-state index is 11.9. The molecule has 1 aromatic heterocycles. The number of carbonyl (C=O) groups is 1. The Morgan fingerprint density at radius 3 is 2.55 bits per heavy atom. The fourth-order valence-corrected chi connectivity index (χ4v) is 2.88. The van der Waals surface area contributed by atoms with Crippen molar-refractivity contribution in [1.29, 1.82) is 0 Å². The van der Waals surface area contributed by atoms with E-state index in [0.717, 1.165) is 5.69 Å². The van der Waals surface area contributed by atoms with E-state index in [1.165, 1.54) is 6.92 Å². The third-order valence-corrected chi connectivity index (χ3v) is 4.35. The van der Waals surface area contributed by atoms with Crippen LogP contribution >= 0.6 is 0 Å². The van der Waals surface area contributed by atoms with Gasteiger partial charge < -0.3 is 5.32 Å². The highest BCUT2D eigenvalue weighted by Gasteiger charge is 2.20. The lowest BCUT2D eigenvalue weighted by Crippen LogP contribution is -2.42. The molecule has 8 heteroatoms.